The number of nitrogens with one attached hydrogen (secondary N) is 1. The molecule has 1 rings (SSSR count). The van der Waals surface area contributed by atoms with Crippen molar-refractivity contribution in [3.63, 3.8) is 0 Å². The predicted octanol–water partition coefficient (Wildman–Crippen LogP) is 3.50. The highest BCUT2D eigenvalue weighted by molar-refractivity contribution is 5.29. The van der Waals surface area contributed by atoms with Gasteiger partial charge in [-0.1, -0.05) is 34.1 Å². The standard InChI is InChI=1S/C16H28N2O/c1-6-8-14(11-17-12(3)4)19-16-10-9-13(5)18-15(16)7-2/h9-10,12,14,17H,6-8,11H2,1-5H3. The molecule has 0 bridgehead atoms. The summed E-state index contributed by atoms with van der Waals surface area (Å²) in [5.74, 6) is 0.942. The van der Waals surface area contributed by atoms with Crippen molar-refractivity contribution in [1.82, 2.24) is 10.3 Å². The molecule has 1 heterocycles. The molecule has 1 aromatic rings. The van der Waals surface area contributed by atoms with E-state index in [2.05, 4.69) is 44.1 Å². The summed E-state index contributed by atoms with van der Waals surface area (Å²) in [6.07, 6.45) is 3.33. The van der Waals surface area contributed by atoms with E-state index in [9.17, 15) is 0 Å². The van der Waals surface area contributed by atoms with Gasteiger partial charge < -0.3 is 10.1 Å². The maximum atomic E-state index is 6.16. The molecule has 1 unspecified atom stereocenters. The van der Waals surface area contributed by atoms with Crippen LogP contribution < -0.4 is 10.1 Å². The lowest BCUT2D eigenvalue weighted by Crippen LogP contribution is -2.35. The Balaban J connectivity index is 2.72. The number of ether oxygens (including phenoxy) is 1. The Morgan fingerprint density at radius 1 is 1.26 bits per heavy atom. The van der Waals surface area contributed by atoms with Gasteiger partial charge in [-0.25, -0.2) is 0 Å². The minimum absolute atomic E-state index is 0.224. The van der Waals surface area contributed by atoms with Gasteiger partial charge in [0, 0.05) is 18.3 Å². The van der Waals surface area contributed by atoms with Gasteiger partial charge in [0.25, 0.3) is 0 Å². The van der Waals surface area contributed by atoms with Crippen LogP contribution >= 0.6 is 0 Å². The summed E-state index contributed by atoms with van der Waals surface area (Å²) in [4.78, 5) is 4.55. The molecule has 0 radical (unpaired) electrons. The first kappa shape index (κ1) is 16.0. The molecule has 0 aromatic carbocycles. The van der Waals surface area contributed by atoms with Gasteiger partial charge in [0.1, 0.15) is 11.9 Å². The largest absolute Gasteiger partial charge is 0.487 e. The van der Waals surface area contributed by atoms with Gasteiger partial charge in [-0.2, -0.15) is 0 Å². The van der Waals surface area contributed by atoms with Crippen molar-refractivity contribution >= 4 is 0 Å². The monoisotopic (exact) mass is 264 g/mol. The summed E-state index contributed by atoms with van der Waals surface area (Å²) in [5.41, 5.74) is 2.11. The molecule has 1 N–H and O–H groups in total. The molecule has 1 aromatic heterocycles. The van der Waals surface area contributed by atoms with E-state index in [-0.39, 0.29) is 6.10 Å². The molecule has 108 valence electrons. The third kappa shape index (κ3) is 5.60. The Morgan fingerprint density at radius 2 is 2.00 bits per heavy atom. The van der Waals surface area contributed by atoms with Crippen molar-refractivity contribution in [3.8, 4) is 5.75 Å². The van der Waals surface area contributed by atoms with Crippen LogP contribution in [0.2, 0.25) is 0 Å². The molecule has 0 aliphatic rings. The van der Waals surface area contributed by atoms with Crippen LogP contribution in [0.1, 0.15) is 51.9 Å². The summed E-state index contributed by atoms with van der Waals surface area (Å²) >= 11 is 0. The summed E-state index contributed by atoms with van der Waals surface area (Å²) in [5, 5.41) is 3.45. The maximum absolute atomic E-state index is 6.16. The van der Waals surface area contributed by atoms with Crippen molar-refractivity contribution in [2.45, 2.75) is 66.0 Å². The maximum Gasteiger partial charge on any atom is 0.141 e. The Hall–Kier alpha value is -1.09. The molecular formula is C16H28N2O. The SMILES string of the molecule is CCCC(CNC(C)C)Oc1ccc(C)nc1CC. The van der Waals surface area contributed by atoms with E-state index in [1.165, 1.54) is 0 Å². The van der Waals surface area contributed by atoms with Crippen molar-refractivity contribution in [3.05, 3.63) is 23.5 Å². The van der Waals surface area contributed by atoms with E-state index in [1.807, 2.05) is 13.0 Å². The smallest absolute Gasteiger partial charge is 0.141 e. The van der Waals surface area contributed by atoms with E-state index >= 15 is 0 Å². The highest BCUT2D eigenvalue weighted by atomic mass is 16.5. The van der Waals surface area contributed by atoms with Gasteiger partial charge in [-0.3, -0.25) is 4.98 Å². The normalized spacial score (nSPS) is 12.7. The summed E-state index contributed by atoms with van der Waals surface area (Å²) in [6, 6.07) is 4.57. The molecule has 1 atom stereocenters. The van der Waals surface area contributed by atoms with Gasteiger partial charge in [0.2, 0.25) is 0 Å². The number of hydrogen-bond acceptors (Lipinski definition) is 3. The average Bonchev–Trinajstić information content (AvgIpc) is 2.38. The first-order chi connectivity index (χ1) is 9.06. The van der Waals surface area contributed by atoms with E-state index in [0.717, 1.165) is 42.9 Å². The van der Waals surface area contributed by atoms with Gasteiger partial charge in [0.05, 0.1) is 5.69 Å². The lowest BCUT2D eigenvalue weighted by Gasteiger charge is -2.22. The third-order valence-electron chi connectivity index (χ3n) is 3.06. The van der Waals surface area contributed by atoms with Crippen LogP contribution in [0.25, 0.3) is 0 Å². The van der Waals surface area contributed by atoms with Gasteiger partial charge in [-0.05, 0) is 31.9 Å². The second-order valence-corrected chi connectivity index (χ2v) is 5.34. The molecule has 0 amide bonds. The summed E-state index contributed by atoms with van der Waals surface area (Å²) < 4.78 is 6.16. The highest BCUT2D eigenvalue weighted by Gasteiger charge is 2.13. The number of nitrogens with zero attached hydrogens (tertiary/aromatic N) is 1. The van der Waals surface area contributed by atoms with E-state index in [0.29, 0.717) is 6.04 Å². The molecule has 0 saturated carbocycles. The van der Waals surface area contributed by atoms with Gasteiger partial charge >= 0.3 is 0 Å². The zero-order valence-corrected chi connectivity index (χ0v) is 13.0. The second-order valence-electron chi connectivity index (χ2n) is 5.34. The summed E-state index contributed by atoms with van der Waals surface area (Å²) in [6.45, 7) is 11.5. The van der Waals surface area contributed by atoms with Crippen molar-refractivity contribution < 1.29 is 4.74 Å². The number of hydrogen-bond donors (Lipinski definition) is 1. The first-order valence-electron chi connectivity index (χ1n) is 7.43. The Morgan fingerprint density at radius 3 is 2.58 bits per heavy atom. The zero-order chi connectivity index (χ0) is 14.3. The van der Waals surface area contributed by atoms with Crippen LogP contribution in [-0.2, 0) is 6.42 Å². The molecule has 3 heteroatoms. The van der Waals surface area contributed by atoms with Crippen LogP contribution in [0.5, 0.6) is 5.75 Å². The molecular weight excluding hydrogens is 236 g/mol. The van der Waals surface area contributed by atoms with Crippen molar-refractivity contribution in [2.75, 3.05) is 6.54 Å². The van der Waals surface area contributed by atoms with Gasteiger partial charge in [0.15, 0.2) is 0 Å². The van der Waals surface area contributed by atoms with E-state index in [1.54, 1.807) is 0 Å². The van der Waals surface area contributed by atoms with Crippen molar-refractivity contribution in [2.24, 2.45) is 0 Å². The van der Waals surface area contributed by atoms with Crippen LogP contribution in [0.4, 0.5) is 0 Å². The number of pyridine rings is 1. The molecule has 3 nitrogen and oxygen atoms in total. The molecule has 0 saturated heterocycles. The quantitative estimate of drug-likeness (QED) is 0.780. The van der Waals surface area contributed by atoms with Crippen LogP contribution in [-0.4, -0.2) is 23.7 Å². The number of aromatic nitrogens is 1. The number of rotatable bonds is 8. The topological polar surface area (TPSA) is 34.1 Å². The number of aryl methyl sites for hydroxylation is 2. The Bertz CT molecular complexity index is 377. The van der Waals surface area contributed by atoms with E-state index in [4.69, 9.17) is 4.74 Å². The first-order valence-corrected chi connectivity index (χ1v) is 7.43. The second kappa shape index (κ2) is 8.16. The lowest BCUT2D eigenvalue weighted by atomic mass is 10.2. The predicted molar refractivity (Wildman–Crippen MR) is 80.8 cm³/mol. The Kier molecular flexibility index (Phi) is 6.85. The minimum Gasteiger partial charge on any atom is -0.487 e. The third-order valence-corrected chi connectivity index (χ3v) is 3.06. The molecule has 19 heavy (non-hydrogen) atoms. The minimum atomic E-state index is 0.224. The van der Waals surface area contributed by atoms with Crippen LogP contribution in [0.15, 0.2) is 12.1 Å². The molecule has 0 aliphatic carbocycles. The Labute approximate surface area is 117 Å². The molecule has 0 fully saturated rings. The van der Waals surface area contributed by atoms with Gasteiger partial charge in [-0.15, -0.1) is 0 Å². The zero-order valence-electron chi connectivity index (χ0n) is 13.0. The van der Waals surface area contributed by atoms with E-state index < -0.39 is 0 Å². The highest BCUT2D eigenvalue weighted by Crippen LogP contribution is 2.20. The average molecular weight is 264 g/mol. The fourth-order valence-electron chi connectivity index (χ4n) is 2.03. The molecule has 0 aliphatic heterocycles. The fraction of sp³-hybridized carbons (Fsp3) is 0.688. The van der Waals surface area contributed by atoms with Crippen molar-refractivity contribution in [1.29, 1.82) is 0 Å². The van der Waals surface area contributed by atoms with Crippen LogP contribution in [0, 0.1) is 6.92 Å². The van der Waals surface area contributed by atoms with Crippen LogP contribution in [0.3, 0.4) is 0 Å². The fourth-order valence-corrected chi connectivity index (χ4v) is 2.03. The lowest BCUT2D eigenvalue weighted by molar-refractivity contribution is 0.181. The molecule has 0 spiro atoms. The summed E-state index contributed by atoms with van der Waals surface area (Å²) in [7, 11) is 0.